The summed E-state index contributed by atoms with van der Waals surface area (Å²) in [5.41, 5.74) is 0.526. The first kappa shape index (κ1) is 19.3. The van der Waals surface area contributed by atoms with E-state index in [0.29, 0.717) is 18.0 Å². The van der Waals surface area contributed by atoms with Gasteiger partial charge in [-0.3, -0.25) is 4.79 Å². The van der Waals surface area contributed by atoms with Gasteiger partial charge in [0.15, 0.2) is 6.61 Å². The molecule has 0 fully saturated rings. The number of ether oxygens (including phenoxy) is 2. The molecular formula is C16H22N2O6. The van der Waals surface area contributed by atoms with Crippen LogP contribution >= 0.6 is 0 Å². The van der Waals surface area contributed by atoms with Gasteiger partial charge in [0.25, 0.3) is 0 Å². The van der Waals surface area contributed by atoms with Gasteiger partial charge in [-0.05, 0) is 31.2 Å². The van der Waals surface area contributed by atoms with Gasteiger partial charge in [0.1, 0.15) is 5.75 Å². The zero-order valence-electron chi connectivity index (χ0n) is 13.9. The van der Waals surface area contributed by atoms with Crippen molar-refractivity contribution in [2.45, 2.75) is 13.8 Å². The molecule has 0 radical (unpaired) electrons. The molecule has 8 nitrogen and oxygen atoms in total. The third kappa shape index (κ3) is 6.55. The molecule has 1 rings (SSSR count). The molecule has 0 aliphatic carbocycles. The van der Waals surface area contributed by atoms with Gasteiger partial charge in [0.2, 0.25) is 0 Å². The Morgan fingerprint density at radius 1 is 1.25 bits per heavy atom. The molecule has 0 spiro atoms. The summed E-state index contributed by atoms with van der Waals surface area (Å²) in [4.78, 5) is 35.3. The van der Waals surface area contributed by atoms with Crippen LogP contribution in [0.15, 0.2) is 24.3 Å². The van der Waals surface area contributed by atoms with Gasteiger partial charge in [-0.15, -0.1) is 0 Å². The van der Waals surface area contributed by atoms with Crippen LogP contribution < -0.4 is 10.1 Å². The highest BCUT2D eigenvalue weighted by Gasteiger charge is 2.17. The summed E-state index contributed by atoms with van der Waals surface area (Å²) in [6, 6.07) is 6.03. The first-order chi connectivity index (χ1) is 11.3. The van der Waals surface area contributed by atoms with Gasteiger partial charge < -0.3 is 24.8 Å². The molecule has 2 amide bonds. The number of carboxylic acids is 1. The minimum absolute atomic E-state index is 0.0991. The zero-order chi connectivity index (χ0) is 18.1. The highest BCUT2D eigenvalue weighted by molar-refractivity contribution is 5.89. The molecular weight excluding hydrogens is 316 g/mol. The Kier molecular flexibility index (Phi) is 7.54. The summed E-state index contributed by atoms with van der Waals surface area (Å²) >= 11 is 0. The molecule has 0 heterocycles. The van der Waals surface area contributed by atoms with Crippen molar-refractivity contribution >= 4 is 23.7 Å². The van der Waals surface area contributed by atoms with Gasteiger partial charge in [-0.2, -0.15) is 0 Å². The first-order valence-corrected chi connectivity index (χ1v) is 7.46. The highest BCUT2D eigenvalue weighted by atomic mass is 16.6. The number of anilines is 1. The van der Waals surface area contributed by atoms with Crippen molar-refractivity contribution in [3.05, 3.63) is 24.3 Å². The van der Waals surface area contributed by atoms with Gasteiger partial charge in [-0.1, -0.05) is 6.92 Å². The van der Waals surface area contributed by atoms with Gasteiger partial charge >= 0.3 is 18.0 Å². The Morgan fingerprint density at radius 2 is 1.88 bits per heavy atom. The number of aliphatic carboxylic acids is 1. The average Bonchev–Trinajstić information content (AvgIpc) is 2.54. The smallest absolute Gasteiger partial charge is 0.344 e. The van der Waals surface area contributed by atoms with Crippen LogP contribution in [0.3, 0.4) is 0 Å². The maximum Gasteiger partial charge on any atom is 0.344 e. The Morgan fingerprint density at radius 3 is 2.42 bits per heavy atom. The fourth-order valence-electron chi connectivity index (χ4n) is 1.77. The van der Waals surface area contributed by atoms with E-state index in [1.807, 2.05) is 0 Å². The van der Waals surface area contributed by atoms with E-state index in [1.165, 1.54) is 18.9 Å². The Balaban J connectivity index is 2.49. The van der Waals surface area contributed by atoms with Crippen molar-refractivity contribution in [1.82, 2.24) is 4.90 Å². The second-order valence-corrected chi connectivity index (χ2v) is 5.17. The second kappa shape index (κ2) is 9.39. The number of esters is 1. The number of nitrogens with zero attached hydrogens (tertiary/aromatic N) is 1. The van der Waals surface area contributed by atoms with Crippen molar-refractivity contribution in [3.63, 3.8) is 0 Å². The number of urea groups is 1. The van der Waals surface area contributed by atoms with E-state index >= 15 is 0 Å². The number of amides is 2. The molecule has 0 bridgehead atoms. The topological polar surface area (TPSA) is 105 Å². The lowest BCUT2D eigenvalue weighted by Crippen LogP contribution is -2.36. The van der Waals surface area contributed by atoms with Crippen molar-refractivity contribution < 1.29 is 29.0 Å². The summed E-state index contributed by atoms with van der Waals surface area (Å²) in [6.45, 7) is 3.45. The van der Waals surface area contributed by atoms with E-state index in [9.17, 15) is 14.4 Å². The number of rotatable bonds is 8. The number of benzene rings is 1. The summed E-state index contributed by atoms with van der Waals surface area (Å²) < 4.78 is 9.99. The number of nitrogens with one attached hydrogen (secondary N) is 1. The molecule has 8 heteroatoms. The third-order valence-electron chi connectivity index (χ3n) is 3.08. The fraction of sp³-hybridized carbons (Fsp3) is 0.438. The standard InChI is InChI=1S/C16H22N2O6/c1-4-23-14(19)10-24-13-7-5-12(6-8-13)17-16(22)18(3)9-11(2)15(20)21/h5-8,11H,4,9-10H2,1-3H3,(H,17,22)(H,20,21). The summed E-state index contributed by atoms with van der Waals surface area (Å²) in [7, 11) is 1.52. The molecule has 24 heavy (non-hydrogen) atoms. The molecule has 0 saturated heterocycles. The largest absolute Gasteiger partial charge is 0.482 e. The average molecular weight is 338 g/mol. The predicted molar refractivity (Wildman–Crippen MR) is 87.0 cm³/mol. The first-order valence-electron chi connectivity index (χ1n) is 7.46. The van der Waals surface area contributed by atoms with Gasteiger partial charge in [0.05, 0.1) is 12.5 Å². The Labute approximate surface area is 140 Å². The predicted octanol–water partition coefficient (Wildman–Crippen LogP) is 1.81. The van der Waals surface area contributed by atoms with Crippen LogP contribution in [0, 0.1) is 5.92 Å². The lowest BCUT2D eigenvalue weighted by molar-refractivity contribution is -0.145. The monoisotopic (exact) mass is 338 g/mol. The summed E-state index contributed by atoms with van der Waals surface area (Å²) in [5.74, 6) is -1.60. The molecule has 132 valence electrons. The van der Waals surface area contributed by atoms with Crippen molar-refractivity contribution in [3.8, 4) is 5.75 Å². The molecule has 1 aromatic rings. The minimum atomic E-state index is -0.960. The van der Waals surface area contributed by atoms with Crippen molar-refractivity contribution in [2.24, 2.45) is 5.92 Å². The molecule has 1 unspecified atom stereocenters. The maximum absolute atomic E-state index is 12.0. The van der Waals surface area contributed by atoms with Crippen LogP contribution in [0.2, 0.25) is 0 Å². The summed E-state index contributed by atoms with van der Waals surface area (Å²) in [5, 5.41) is 11.5. The normalized spacial score (nSPS) is 11.3. The van der Waals surface area contributed by atoms with Crippen LogP contribution in [0.4, 0.5) is 10.5 Å². The second-order valence-electron chi connectivity index (χ2n) is 5.17. The van der Waals surface area contributed by atoms with E-state index in [0.717, 1.165) is 0 Å². The molecule has 0 aliphatic heterocycles. The lowest BCUT2D eigenvalue weighted by Gasteiger charge is -2.20. The number of carbonyl (C=O) groups excluding carboxylic acids is 2. The molecule has 1 atom stereocenters. The van der Waals surface area contributed by atoms with Gasteiger partial charge in [-0.25, -0.2) is 9.59 Å². The quantitative estimate of drug-likeness (QED) is 0.700. The van der Waals surface area contributed by atoms with Crippen LogP contribution in [0.25, 0.3) is 0 Å². The van der Waals surface area contributed by atoms with E-state index in [1.54, 1.807) is 31.2 Å². The molecule has 1 aromatic carbocycles. The maximum atomic E-state index is 12.0. The molecule has 0 saturated carbocycles. The number of carboxylic acid groups (broad SMARTS) is 1. The molecule has 2 N–H and O–H groups in total. The summed E-state index contributed by atoms with van der Waals surface area (Å²) in [6.07, 6.45) is 0. The number of hydrogen-bond acceptors (Lipinski definition) is 5. The van der Waals surface area contributed by atoms with Crippen LogP contribution in [0.5, 0.6) is 5.75 Å². The lowest BCUT2D eigenvalue weighted by atomic mass is 10.2. The Bertz CT molecular complexity index is 572. The number of carbonyl (C=O) groups is 3. The minimum Gasteiger partial charge on any atom is -0.482 e. The Hall–Kier alpha value is -2.77. The van der Waals surface area contributed by atoms with Crippen molar-refractivity contribution in [2.75, 3.05) is 32.1 Å². The SMILES string of the molecule is CCOC(=O)COc1ccc(NC(=O)N(C)CC(C)C(=O)O)cc1. The van der Waals surface area contributed by atoms with E-state index in [2.05, 4.69) is 5.32 Å². The van der Waals surface area contributed by atoms with E-state index < -0.39 is 23.9 Å². The zero-order valence-corrected chi connectivity index (χ0v) is 13.9. The van der Waals surface area contributed by atoms with Crippen molar-refractivity contribution in [1.29, 1.82) is 0 Å². The highest BCUT2D eigenvalue weighted by Crippen LogP contribution is 2.16. The van der Waals surface area contributed by atoms with Crippen LogP contribution in [-0.2, 0) is 14.3 Å². The van der Waals surface area contributed by atoms with Crippen LogP contribution in [-0.4, -0.2) is 54.8 Å². The van der Waals surface area contributed by atoms with Gasteiger partial charge in [0, 0.05) is 19.3 Å². The number of hydrogen-bond donors (Lipinski definition) is 2. The van der Waals surface area contributed by atoms with Crippen LogP contribution in [0.1, 0.15) is 13.8 Å². The van der Waals surface area contributed by atoms with E-state index in [4.69, 9.17) is 14.6 Å². The third-order valence-corrected chi connectivity index (χ3v) is 3.08. The molecule has 0 aliphatic rings. The fourth-order valence-corrected chi connectivity index (χ4v) is 1.77. The van der Waals surface area contributed by atoms with E-state index in [-0.39, 0.29) is 13.2 Å². The molecule has 0 aromatic heterocycles.